The normalized spacial score (nSPS) is 12.1. The van der Waals surface area contributed by atoms with Crippen molar-refractivity contribution >= 4 is 40.9 Å². The van der Waals surface area contributed by atoms with Crippen molar-refractivity contribution in [3.8, 4) is 0 Å². The third-order valence-corrected chi connectivity index (χ3v) is 5.62. The van der Waals surface area contributed by atoms with Gasteiger partial charge in [0.05, 0.1) is 23.7 Å². The highest BCUT2D eigenvalue weighted by Gasteiger charge is 2.18. The first-order valence-corrected chi connectivity index (χ1v) is 10.8. The molecule has 2 aromatic rings. The summed E-state index contributed by atoms with van der Waals surface area (Å²) in [6.45, 7) is -0.722. The molecule has 0 radical (unpaired) electrons. The van der Waals surface area contributed by atoms with Crippen molar-refractivity contribution in [2.75, 3.05) is 25.5 Å². The molecule has 7 nitrogen and oxygen atoms in total. The van der Waals surface area contributed by atoms with Crippen LogP contribution in [0.5, 0.6) is 0 Å². The Morgan fingerprint density at radius 2 is 1.78 bits per heavy atom. The van der Waals surface area contributed by atoms with Gasteiger partial charge in [-0.2, -0.15) is 0 Å². The number of rotatable bonds is 9. The van der Waals surface area contributed by atoms with E-state index >= 15 is 0 Å². The Kier molecular flexibility index (Phi) is 8.00. The highest BCUT2D eigenvalue weighted by Crippen LogP contribution is 2.23. The van der Waals surface area contributed by atoms with Gasteiger partial charge >= 0.3 is 5.97 Å². The molecule has 0 unspecified atom stereocenters. The van der Waals surface area contributed by atoms with Crippen LogP contribution in [0.15, 0.2) is 42.5 Å². The van der Waals surface area contributed by atoms with E-state index in [0.717, 1.165) is 24.2 Å². The quantitative estimate of drug-likeness (QED) is 0.461. The standard InChI is InChI=1S/C24H25ClN2O5/c1-27(14-22(29)26-20-8-3-2-7-19(20)25)23(30)15-32-24(31)12-11-21(28)18-10-9-16-5-4-6-17(16)13-18/h2-3,7-10,13H,4-6,11-12,14-15H2,1H3,(H,26,29). The monoisotopic (exact) mass is 456 g/mol. The largest absolute Gasteiger partial charge is 0.456 e. The summed E-state index contributed by atoms with van der Waals surface area (Å²) < 4.78 is 4.97. The van der Waals surface area contributed by atoms with Crippen LogP contribution in [-0.2, 0) is 32.0 Å². The van der Waals surface area contributed by atoms with Crippen molar-refractivity contribution < 1.29 is 23.9 Å². The number of esters is 1. The molecule has 1 aliphatic carbocycles. The number of Topliss-reactive ketones (excluding diaryl/α,β-unsaturated/α-hetero) is 1. The molecule has 2 amide bonds. The number of ether oxygens (including phenoxy) is 1. The van der Waals surface area contributed by atoms with Crippen molar-refractivity contribution in [1.82, 2.24) is 4.90 Å². The molecule has 2 aromatic carbocycles. The van der Waals surface area contributed by atoms with Gasteiger partial charge in [0, 0.05) is 19.0 Å². The highest BCUT2D eigenvalue weighted by atomic mass is 35.5. The molecule has 8 heteroatoms. The third kappa shape index (κ3) is 6.40. The van der Waals surface area contributed by atoms with Crippen molar-refractivity contribution in [2.45, 2.75) is 32.1 Å². The lowest BCUT2D eigenvalue weighted by atomic mass is 10.0. The molecular weight excluding hydrogens is 432 g/mol. The number of benzene rings is 2. The van der Waals surface area contributed by atoms with Crippen LogP contribution in [0.25, 0.3) is 0 Å². The molecule has 0 atom stereocenters. The van der Waals surface area contributed by atoms with E-state index in [4.69, 9.17) is 16.3 Å². The Morgan fingerprint density at radius 1 is 1.03 bits per heavy atom. The molecule has 32 heavy (non-hydrogen) atoms. The van der Waals surface area contributed by atoms with E-state index in [1.54, 1.807) is 30.3 Å². The first kappa shape index (κ1) is 23.5. The zero-order valence-electron chi connectivity index (χ0n) is 17.9. The van der Waals surface area contributed by atoms with Crippen LogP contribution in [0.4, 0.5) is 5.69 Å². The SMILES string of the molecule is CN(CC(=O)Nc1ccccc1Cl)C(=O)COC(=O)CCC(=O)c1ccc2c(c1)CCC2. The van der Waals surface area contributed by atoms with Gasteiger partial charge in [-0.3, -0.25) is 19.2 Å². The summed E-state index contributed by atoms with van der Waals surface area (Å²) in [4.78, 5) is 49.7. The van der Waals surface area contributed by atoms with Crippen molar-refractivity contribution in [3.05, 3.63) is 64.2 Å². The number of fused-ring (bicyclic) bond motifs is 1. The minimum Gasteiger partial charge on any atom is -0.456 e. The predicted molar refractivity (Wildman–Crippen MR) is 121 cm³/mol. The molecule has 0 saturated carbocycles. The second kappa shape index (κ2) is 10.9. The number of carbonyl (C=O) groups excluding carboxylic acids is 4. The van der Waals surface area contributed by atoms with Crippen LogP contribution < -0.4 is 5.32 Å². The molecule has 1 aliphatic rings. The van der Waals surface area contributed by atoms with E-state index < -0.39 is 24.4 Å². The topological polar surface area (TPSA) is 92.8 Å². The number of hydrogen-bond acceptors (Lipinski definition) is 5. The predicted octanol–water partition coefficient (Wildman–Crippen LogP) is 3.43. The number of likely N-dealkylation sites (N-methyl/N-ethyl adjacent to an activating group) is 1. The highest BCUT2D eigenvalue weighted by molar-refractivity contribution is 6.33. The van der Waals surface area contributed by atoms with E-state index in [9.17, 15) is 19.2 Å². The zero-order chi connectivity index (χ0) is 23.1. The van der Waals surface area contributed by atoms with Crippen LogP contribution in [0.1, 0.15) is 40.7 Å². The summed E-state index contributed by atoms with van der Waals surface area (Å²) >= 11 is 5.99. The van der Waals surface area contributed by atoms with Gasteiger partial charge in [-0.05, 0) is 48.6 Å². The fourth-order valence-corrected chi connectivity index (χ4v) is 3.67. The minimum atomic E-state index is -0.637. The number of halogens is 1. The molecule has 1 N–H and O–H groups in total. The molecule has 3 rings (SSSR count). The van der Waals surface area contributed by atoms with Gasteiger partial charge in [-0.1, -0.05) is 35.9 Å². The maximum absolute atomic E-state index is 12.4. The van der Waals surface area contributed by atoms with Crippen LogP contribution >= 0.6 is 11.6 Å². The van der Waals surface area contributed by atoms with Gasteiger partial charge in [0.25, 0.3) is 5.91 Å². The van der Waals surface area contributed by atoms with E-state index in [1.807, 2.05) is 12.1 Å². The maximum atomic E-state index is 12.4. The Morgan fingerprint density at radius 3 is 2.56 bits per heavy atom. The van der Waals surface area contributed by atoms with E-state index in [-0.39, 0.29) is 25.2 Å². The fourth-order valence-electron chi connectivity index (χ4n) is 3.49. The molecule has 0 heterocycles. The Bertz CT molecular complexity index is 1040. The maximum Gasteiger partial charge on any atom is 0.306 e. The Balaban J connectivity index is 1.38. The molecular formula is C24H25ClN2O5. The second-order valence-electron chi connectivity index (χ2n) is 7.70. The van der Waals surface area contributed by atoms with E-state index in [2.05, 4.69) is 5.32 Å². The van der Waals surface area contributed by atoms with Gasteiger partial charge < -0.3 is 15.0 Å². The number of nitrogens with zero attached hydrogens (tertiary/aromatic N) is 1. The van der Waals surface area contributed by atoms with Gasteiger partial charge in [-0.15, -0.1) is 0 Å². The molecule has 0 fully saturated rings. The van der Waals surface area contributed by atoms with Gasteiger partial charge in [0.15, 0.2) is 12.4 Å². The lowest BCUT2D eigenvalue weighted by Gasteiger charge is -2.17. The molecule has 0 spiro atoms. The molecule has 0 aromatic heterocycles. The fraction of sp³-hybridized carbons (Fsp3) is 0.333. The zero-order valence-corrected chi connectivity index (χ0v) is 18.6. The van der Waals surface area contributed by atoms with Crippen LogP contribution in [0.2, 0.25) is 5.02 Å². The average molecular weight is 457 g/mol. The summed E-state index contributed by atoms with van der Waals surface area (Å²) in [6.07, 6.45) is 3.02. The molecule has 0 bridgehead atoms. The number of nitrogens with one attached hydrogen (secondary N) is 1. The number of para-hydroxylation sites is 1. The van der Waals surface area contributed by atoms with Crippen molar-refractivity contribution in [1.29, 1.82) is 0 Å². The average Bonchev–Trinajstić information content (AvgIpc) is 3.25. The molecule has 0 saturated heterocycles. The van der Waals surface area contributed by atoms with Gasteiger partial charge in [0.2, 0.25) is 5.91 Å². The molecule has 168 valence electrons. The summed E-state index contributed by atoms with van der Waals surface area (Å²) in [5.41, 5.74) is 3.52. The summed E-state index contributed by atoms with van der Waals surface area (Å²) in [7, 11) is 1.43. The minimum absolute atomic E-state index is 0.0158. The summed E-state index contributed by atoms with van der Waals surface area (Å²) in [5.74, 6) is -1.73. The van der Waals surface area contributed by atoms with E-state index in [1.165, 1.54) is 18.2 Å². The number of anilines is 1. The molecule has 0 aliphatic heterocycles. The number of ketones is 1. The number of amides is 2. The van der Waals surface area contributed by atoms with Crippen molar-refractivity contribution in [2.24, 2.45) is 0 Å². The summed E-state index contributed by atoms with van der Waals surface area (Å²) in [6, 6.07) is 12.4. The lowest BCUT2D eigenvalue weighted by Crippen LogP contribution is -2.37. The summed E-state index contributed by atoms with van der Waals surface area (Å²) in [5, 5.41) is 3.00. The number of aryl methyl sites for hydroxylation is 2. The van der Waals surface area contributed by atoms with Crippen molar-refractivity contribution in [3.63, 3.8) is 0 Å². The second-order valence-corrected chi connectivity index (χ2v) is 8.11. The number of hydrogen-bond donors (Lipinski definition) is 1. The Hall–Kier alpha value is -3.19. The first-order chi connectivity index (χ1) is 15.3. The van der Waals surface area contributed by atoms with Crippen LogP contribution in [-0.4, -0.2) is 48.7 Å². The first-order valence-electron chi connectivity index (χ1n) is 10.4. The van der Waals surface area contributed by atoms with E-state index in [0.29, 0.717) is 16.3 Å². The van der Waals surface area contributed by atoms with Crippen LogP contribution in [0, 0.1) is 0 Å². The van der Waals surface area contributed by atoms with Gasteiger partial charge in [0.1, 0.15) is 0 Å². The number of carbonyl (C=O) groups is 4. The van der Waals surface area contributed by atoms with Crippen LogP contribution in [0.3, 0.4) is 0 Å². The smallest absolute Gasteiger partial charge is 0.306 e. The Labute approximate surface area is 191 Å². The third-order valence-electron chi connectivity index (χ3n) is 5.29. The lowest BCUT2D eigenvalue weighted by molar-refractivity contribution is -0.151. The van der Waals surface area contributed by atoms with Gasteiger partial charge in [-0.25, -0.2) is 0 Å².